The molecule has 0 bridgehead atoms. The average molecular weight is 236 g/mol. The summed E-state index contributed by atoms with van der Waals surface area (Å²) in [6.07, 6.45) is 0. The standard InChI is InChI=1S/C10H10ClF2O2/c1-6(5-14)7-3-2-4-8(9(7)11)15-10(12)13/h2-4,10,14H,5H2,1H3. The third kappa shape index (κ3) is 3.04. The van der Waals surface area contributed by atoms with Crippen LogP contribution in [-0.4, -0.2) is 18.3 Å². The fourth-order valence-electron chi connectivity index (χ4n) is 1.11. The molecule has 1 aromatic rings. The lowest BCUT2D eigenvalue weighted by Gasteiger charge is -2.13. The highest BCUT2D eigenvalue weighted by Crippen LogP contribution is 2.33. The predicted octanol–water partition coefficient (Wildman–Crippen LogP) is 2.88. The van der Waals surface area contributed by atoms with Crippen LogP contribution in [0.5, 0.6) is 5.75 Å². The molecule has 0 spiro atoms. The Kier molecular flexibility index (Phi) is 4.29. The molecule has 0 unspecified atom stereocenters. The van der Waals surface area contributed by atoms with Crippen LogP contribution in [0.4, 0.5) is 8.78 Å². The SMILES string of the molecule is C[C](CO)c1cccc(OC(F)F)c1Cl. The molecule has 1 N–H and O–H groups in total. The molecule has 83 valence electrons. The van der Waals surface area contributed by atoms with E-state index in [-0.39, 0.29) is 17.4 Å². The molecule has 0 aliphatic rings. The maximum Gasteiger partial charge on any atom is 0.387 e. The zero-order valence-corrected chi connectivity index (χ0v) is 8.76. The molecule has 2 nitrogen and oxygen atoms in total. The Morgan fingerprint density at radius 2 is 2.20 bits per heavy atom. The smallest absolute Gasteiger partial charge is 0.387 e. The highest BCUT2D eigenvalue weighted by atomic mass is 35.5. The van der Waals surface area contributed by atoms with E-state index < -0.39 is 6.61 Å². The Bertz CT molecular complexity index is 331. The van der Waals surface area contributed by atoms with E-state index in [1.165, 1.54) is 12.1 Å². The molecule has 15 heavy (non-hydrogen) atoms. The maximum atomic E-state index is 12.0. The molecule has 0 atom stereocenters. The van der Waals surface area contributed by atoms with Gasteiger partial charge in [0.05, 0.1) is 11.6 Å². The van der Waals surface area contributed by atoms with Crippen molar-refractivity contribution in [1.82, 2.24) is 0 Å². The van der Waals surface area contributed by atoms with Gasteiger partial charge in [0.1, 0.15) is 5.75 Å². The predicted molar refractivity (Wildman–Crippen MR) is 53.2 cm³/mol. The maximum absolute atomic E-state index is 12.0. The van der Waals surface area contributed by atoms with Gasteiger partial charge in [0.25, 0.3) is 0 Å². The molecule has 0 aliphatic carbocycles. The monoisotopic (exact) mass is 235 g/mol. The first-order chi connectivity index (χ1) is 7.06. The number of halogens is 3. The van der Waals surface area contributed by atoms with Crippen molar-refractivity contribution in [3.63, 3.8) is 0 Å². The van der Waals surface area contributed by atoms with Gasteiger partial charge < -0.3 is 9.84 Å². The second-order valence-corrected chi connectivity index (χ2v) is 3.31. The summed E-state index contributed by atoms with van der Waals surface area (Å²) >= 11 is 5.84. The molecule has 0 heterocycles. The van der Waals surface area contributed by atoms with E-state index in [1.807, 2.05) is 0 Å². The topological polar surface area (TPSA) is 29.5 Å². The van der Waals surface area contributed by atoms with E-state index >= 15 is 0 Å². The van der Waals surface area contributed by atoms with Gasteiger partial charge in [0, 0.05) is 5.92 Å². The van der Waals surface area contributed by atoms with Gasteiger partial charge in [-0.1, -0.05) is 30.7 Å². The Balaban J connectivity index is 3.00. The van der Waals surface area contributed by atoms with Gasteiger partial charge in [0.15, 0.2) is 0 Å². The summed E-state index contributed by atoms with van der Waals surface area (Å²) in [5.74, 6) is 0.511. The van der Waals surface area contributed by atoms with Gasteiger partial charge in [-0.3, -0.25) is 0 Å². The molecular weight excluding hydrogens is 226 g/mol. The molecule has 0 saturated carbocycles. The minimum atomic E-state index is -2.91. The van der Waals surface area contributed by atoms with E-state index in [0.717, 1.165) is 0 Å². The van der Waals surface area contributed by atoms with E-state index in [9.17, 15) is 8.78 Å². The van der Waals surface area contributed by atoms with Gasteiger partial charge in [-0.05, 0) is 11.6 Å². The fourth-order valence-corrected chi connectivity index (χ4v) is 1.44. The molecule has 0 amide bonds. The third-order valence-electron chi connectivity index (χ3n) is 1.88. The number of hydrogen-bond donors (Lipinski definition) is 1. The number of aliphatic hydroxyl groups is 1. The summed E-state index contributed by atoms with van der Waals surface area (Å²) in [6, 6.07) is 4.52. The zero-order chi connectivity index (χ0) is 11.4. The van der Waals surface area contributed by atoms with Crippen LogP contribution in [0.1, 0.15) is 12.5 Å². The number of aliphatic hydroxyl groups excluding tert-OH is 1. The highest BCUT2D eigenvalue weighted by Gasteiger charge is 2.15. The van der Waals surface area contributed by atoms with Gasteiger partial charge in [-0.2, -0.15) is 8.78 Å². The molecule has 0 fully saturated rings. The summed E-state index contributed by atoms with van der Waals surface area (Å²) in [5, 5.41) is 8.99. The van der Waals surface area contributed by atoms with Crippen LogP contribution in [0.3, 0.4) is 0 Å². The Hall–Kier alpha value is -0.870. The first-order valence-corrected chi connectivity index (χ1v) is 4.61. The van der Waals surface area contributed by atoms with Gasteiger partial charge >= 0.3 is 6.61 Å². The van der Waals surface area contributed by atoms with Crippen LogP contribution in [0.2, 0.25) is 5.02 Å². The quantitative estimate of drug-likeness (QED) is 0.870. The van der Waals surface area contributed by atoms with Gasteiger partial charge in [-0.15, -0.1) is 0 Å². The lowest BCUT2D eigenvalue weighted by Crippen LogP contribution is -2.05. The van der Waals surface area contributed by atoms with E-state index in [0.29, 0.717) is 11.5 Å². The van der Waals surface area contributed by atoms with Crippen LogP contribution in [0.25, 0.3) is 0 Å². The number of ether oxygens (including phenoxy) is 1. The van der Waals surface area contributed by atoms with Crippen molar-refractivity contribution in [3.8, 4) is 5.75 Å². The molecule has 1 rings (SSSR count). The first kappa shape index (κ1) is 12.2. The summed E-state index contributed by atoms with van der Waals surface area (Å²) < 4.78 is 28.2. The third-order valence-corrected chi connectivity index (χ3v) is 2.27. The fraction of sp³-hybridized carbons (Fsp3) is 0.300. The lowest BCUT2D eigenvalue weighted by atomic mass is 10.0. The number of hydrogen-bond acceptors (Lipinski definition) is 2. The summed E-state index contributed by atoms with van der Waals surface area (Å²) in [5.41, 5.74) is 0.511. The minimum Gasteiger partial charge on any atom is -0.433 e. The Morgan fingerprint density at radius 3 is 2.73 bits per heavy atom. The molecule has 0 aromatic heterocycles. The van der Waals surface area contributed by atoms with Crippen LogP contribution in [0.15, 0.2) is 18.2 Å². The van der Waals surface area contributed by atoms with Crippen molar-refractivity contribution >= 4 is 11.6 Å². The molecule has 5 heteroatoms. The van der Waals surface area contributed by atoms with Gasteiger partial charge in [-0.25, -0.2) is 0 Å². The van der Waals surface area contributed by atoms with Gasteiger partial charge in [0.2, 0.25) is 0 Å². The second-order valence-electron chi connectivity index (χ2n) is 2.93. The van der Waals surface area contributed by atoms with Crippen molar-refractivity contribution in [3.05, 3.63) is 34.7 Å². The highest BCUT2D eigenvalue weighted by molar-refractivity contribution is 6.33. The normalized spacial score (nSPS) is 11.1. The molecular formula is C10H10ClF2O2. The largest absolute Gasteiger partial charge is 0.433 e. The molecule has 0 saturated heterocycles. The summed E-state index contributed by atoms with van der Waals surface area (Å²) in [4.78, 5) is 0. The Morgan fingerprint density at radius 1 is 1.53 bits per heavy atom. The Labute approximate surface area is 91.4 Å². The molecule has 0 aliphatic heterocycles. The molecule has 1 radical (unpaired) electrons. The van der Waals surface area contributed by atoms with E-state index in [4.69, 9.17) is 16.7 Å². The minimum absolute atomic E-state index is 0.0861. The number of rotatable bonds is 4. The summed E-state index contributed by atoms with van der Waals surface area (Å²) in [7, 11) is 0. The van der Waals surface area contributed by atoms with Crippen LogP contribution >= 0.6 is 11.6 Å². The lowest BCUT2D eigenvalue weighted by molar-refractivity contribution is -0.0498. The number of alkyl halides is 2. The van der Waals surface area contributed by atoms with Crippen LogP contribution in [0, 0.1) is 5.92 Å². The second kappa shape index (κ2) is 5.28. The first-order valence-electron chi connectivity index (χ1n) is 4.23. The van der Waals surface area contributed by atoms with Crippen molar-refractivity contribution in [2.75, 3.05) is 6.61 Å². The average Bonchev–Trinajstić information content (AvgIpc) is 2.19. The van der Waals surface area contributed by atoms with Crippen molar-refractivity contribution in [2.24, 2.45) is 0 Å². The summed E-state index contributed by atoms with van der Waals surface area (Å²) in [6.45, 7) is -1.43. The van der Waals surface area contributed by atoms with Crippen molar-refractivity contribution in [1.29, 1.82) is 0 Å². The van der Waals surface area contributed by atoms with Crippen LogP contribution < -0.4 is 4.74 Å². The van der Waals surface area contributed by atoms with Crippen molar-refractivity contribution in [2.45, 2.75) is 13.5 Å². The molecule has 1 aromatic carbocycles. The van der Waals surface area contributed by atoms with E-state index in [2.05, 4.69) is 4.74 Å². The van der Waals surface area contributed by atoms with E-state index in [1.54, 1.807) is 13.0 Å². The zero-order valence-electron chi connectivity index (χ0n) is 8.01. The van der Waals surface area contributed by atoms with Crippen LogP contribution in [-0.2, 0) is 0 Å². The number of benzene rings is 1. The van der Waals surface area contributed by atoms with Crippen molar-refractivity contribution < 1.29 is 18.6 Å².